The fourth-order valence-corrected chi connectivity index (χ4v) is 4.21. The van der Waals surface area contributed by atoms with E-state index in [1.807, 2.05) is 47.6 Å². The summed E-state index contributed by atoms with van der Waals surface area (Å²) in [6, 6.07) is 0. The smallest absolute Gasteiger partial charge is 0.385 e. The number of alkyl halides is 3. The highest BCUT2D eigenvalue weighted by Gasteiger charge is 2.36. The minimum atomic E-state index is -4.57. The molecule has 0 saturated carbocycles. The zero-order valence-corrected chi connectivity index (χ0v) is 30.0. The van der Waals surface area contributed by atoms with Crippen molar-refractivity contribution < 1.29 is 22.7 Å². The maximum absolute atomic E-state index is 13.9. The topological polar surface area (TPSA) is 78.3 Å². The Hall–Kier alpha value is -2.62. The van der Waals surface area contributed by atoms with Gasteiger partial charge in [-0.15, -0.1) is 0 Å². The summed E-state index contributed by atoms with van der Waals surface area (Å²) in [7, 11) is 0. The molecule has 1 fully saturated rings. The number of ether oxygens (including phenoxy) is 1. The van der Waals surface area contributed by atoms with Crippen molar-refractivity contribution in [1.82, 2.24) is 15.5 Å². The Kier molecular flexibility index (Phi) is 27.4. The normalized spacial score (nSPS) is 16.8. The van der Waals surface area contributed by atoms with Crippen LogP contribution >= 0.6 is 0 Å². The van der Waals surface area contributed by atoms with E-state index in [0.717, 1.165) is 36.4 Å². The molecular formula is C35H64F3N5O2. The number of carbonyl (C=O) groups excluding carboxylic acids is 1. The predicted octanol–water partition coefficient (Wildman–Crippen LogP) is 8.99. The average Bonchev–Trinajstić information content (AvgIpc) is 3.24. The van der Waals surface area contributed by atoms with E-state index < -0.39 is 11.7 Å². The lowest BCUT2D eigenvalue weighted by Gasteiger charge is -2.21. The van der Waals surface area contributed by atoms with E-state index in [1.54, 1.807) is 17.9 Å². The second-order valence-electron chi connectivity index (χ2n) is 10.5. The molecule has 7 nitrogen and oxygen atoms in total. The summed E-state index contributed by atoms with van der Waals surface area (Å²) in [5, 5.41) is 5.96. The number of amides is 1. The van der Waals surface area contributed by atoms with E-state index in [2.05, 4.69) is 41.4 Å². The number of dihydropyridines is 1. The van der Waals surface area contributed by atoms with Gasteiger partial charge in [0.25, 0.3) is 0 Å². The number of nitrogens with zero attached hydrogens (tertiary/aromatic N) is 3. The van der Waals surface area contributed by atoms with Crippen molar-refractivity contribution in [2.24, 2.45) is 15.9 Å². The Bertz CT molecular complexity index is 940. The molecule has 0 bridgehead atoms. The Morgan fingerprint density at radius 1 is 1.16 bits per heavy atom. The van der Waals surface area contributed by atoms with Gasteiger partial charge in [-0.1, -0.05) is 93.2 Å². The summed E-state index contributed by atoms with van der Waals surface area (Å²) in [6.45, 7) is 23.1. The molecule has 2 aliphatic rings. The molecule has 1 amide bonds. The van der Waals surface area contributed by atoms with Crippen LogP contribution in [0.1, 0.15) is 121 Å². The highest BCUT2D eigenvalue weighted by Crippen LogP contribution is 2.30. The van der Waals surface area contributed by atoms with E-state index in [0.29, 0.717) is 64.5 Å². The average molecular weight is 644 g/mol. The number of rotatable bonds is 13. The molecule has 0 radical (unpaired) electrons. The van der Waals surface area contributed by atoms with E-state index in [4.69, 9.17) is 4.74 Å². The van der Waals surface area contributed by atoms with E-state index in [9.17, 15) is 18.0 Å². The number of nitrogens with one attached hydrogen (secondary N) is 2. The van der Waals surface area contributed by atoms with Gasteiger partial charge in [0.2, 0.25) is 5.91 Å². The van der Waals surface area contributed by atoms with Crippen LogP contribution in [0.15, 0.2) is 45.3 Å². The van der Waals surface area contributed by atoms with Gasteiger partial charge in [0.05, 0.1) is 36.6 Å². The molecule has 0 spiro atoms. The molecule has 0 aromatic carbocycles. The number of unbranched alkanes of at least 4 members (excludes halogenated alkanes) is 1. The molecule has 262 valence electrons. The molecule has 2 heterocycles. The number of halogens is 3. The van der Waals surface area contributed by atoms with Crippen LogP contribution in [-0.4, -0.2) is 67.9 Å². The van der Waals surface area contributed by atoms with E-state index in [-0.39, 0.29) is 11.6 Å². The van der Waals surface area contributed by atoms with Crippen LogP contribution in [0.5, 0.6) is 0 Å². The van der Waals surface area contributed by atoms with Crippen molar-refractivity contribution in [2.75, 3.05) is 39.4 Å². The van der Waals surface area contributed by atoms with Gasteiger partial charge in [-0.2, -0.15) is 13.2 Å². The molecule has 45 heavy (non-hydrogen) atoms. The van der Waals surface area contributed by atoms with Gasteiger partial charge in [0, 0.05) is 38.1 Å². The SMILES string of the molecule is CC.CC.CCC/C=C(NCCCN1CCOCCC1=O)/C(=C\N=C(C)NC1=CCCN=C1C)C(F)(F)F.CCCC(C)CC. The van der Waals surface area contributed by atoms with Gasteiger partial charge in [0.15, 0.2) is 0 Å². The summed E-state index contributed by atoms with van der Waals surface area (Å²) in [5.74, 6) is 1.31. The number of allylic oxidation sites excluding steroid dienone is 3. The fraction of sp³-hybridized carbons (Fsp3) is 0.743. The Balaban J connectivity index is 0. The lowest BCUT2D eigenvalue weighted by molar-refractivity contribution is -0.130. The highest BCUT2D eigenvalue weighted by atomic mass is 19.4. The monoisotopic (exact) mass is 644 g/mol. The molecule has 0 aromatic heterocycles. The Morgan fingerprint density at radius 3 is 2.40 bits per heavy atom. The molecule has 0 aliphatic carbocycles. The van der Waals surface area contributed by atoms with Crippen molar-refractivity contribution in [3.8, 4) is 0 Å². The minimum absolute atomic E-state index is 0.00560. The molecule has 1 unspecified atom stereocenters. The molecule has 2 aliphatic heterocycles. The summed E-state index contributed by atoms with van der Waals surface area (Å²) >= 11 is 0. The molecule has 0 aromatic rings. The number of aliphatic imine (C=N–C) groups is 2. The van der Waals surface area contributed by atoms with Crippen molar-refractivity contribution in [2.45, 2.75) is 127 Å². The van der Waals surface area contributed by atoms with Gasteiger partial charge < -0.3 is 20.3 Å². The van der Waals surface area contributed by atoms with Crippen molar-refractivity contribution in [3.05, 3.63) is 35.3 Å². The molecule has 1 saturated heterocycles. The standard InChI is InChI=1S/C24H36F3N5O2.C7H16.2C2H6/c1-4-5-8-22(29-12-7-13-32-14-16-34-15-10-23(32)33)20(24(25,26)27)17-30-19(3)31-21-9-6-11-28-18(21)2;1-4-6-7(3)5-2;2*1-2/h8-9,17,29H,4-7,10-16H2,1-3H3,(H,30,31);7H,4-6H2,1-3H3;2*1-2H3/b20-17+,22-8-;;;. The van der Waals surface area contributed by atoms with Gasteiger partial charge in [-0.3, -0.25) is 9.79 Å². The molecule has 2 N–H and O–H groups in total. The zero-order chi connectivity index (χ0) is 34.7. The fourth-order valence-electron chi connectivity index (χ4n) is 4.21. The van der Waals surface area contributed by atoms with Crippen molar-refractivity contribution in [3.63, 3.8) is 0 Å². The summed E-state index contributed by atoms with van der Waals surface area (Å²) in [6.07, 6.45) is 6.75. The van der Waals surface area contributed by atoms with Crippen molar-refractivity contribution in [1.29, 1.82) is 0 Å². The summed E-state index contributed by atoms with van der Waals surface area (Å²) in [5.41, 5.74) is 0.749. The Labute approximate surface area is 273 Å². The summed E-state index contributed by atoms with van der Waals surface area (Å²) in [4.78, 5) is 22.1. The number of hydrogen-bond acceptors (Lipinski definition) is 5. The predicted molar refractivity (Wildman–Crippen MR) is 186 cm³/mol. The first kappa shape index (κ1) is 44.5. The second-order valence-corrected chi connectivity index (χ2v) is 10.5. The third-order valence-electron chi connectivity index (χ3n) is 6.87. The molecular weight excluding hydrogens is 579 g/mol. The first-order valence-corrected chi connectivity index (χ1v) is 17.1. The van der Waals surface area contributed by atoms with Crippen LogP contribution < -0.4 is 10.6 Å². The lowest BCUT2D eigenvalue weighted by atomic mass is 10.0. The molecule has 1 atom stereocenters. The maximum Gasteiger partial charge on any atom is 0.419 e. The van der Waals surface area contributed by atoms with Gasteiger partial charge in [-0.05, 0) is 39.0 Å². The quantitative estimate of drug-likeness (QED) is 0.0909. The Morgan fingerprint density at radius 2 is 1.84 bits per heavy atom. The second kappa shape index (κ2) is 27.7. The van der Waals surface area contributed by atoms with Crippen LogP contribution in [0, 0.1) is 5.92 Å². The van der Waals surface area contributed by atoms with Gasteiger partial charge in [-0.25, -0.2) is 4.99 Å². The molecule has 10 heteroatoms. The van der Waals surface area contributed by atoms with Gasteiger partial charge in [0.1, 0.15) is 5.84 Å². The minimum Gasteiger partial charge on any atom is -0.385 e. The number of hydrogen-bond donors (Lipinski definition) is 2. The first-order chi connectivity index (χ1) is 21.5. The summed E-state index contributed by atoms with van der Waals surface area (Å²) < 4.78 is 47.1. The highest BCUT2D eigenvalue weighted by molar-refractivity contribution is 6.02. The number of amidine groups is 1. The van der Waals surface area contributed by atoms with E-state index in [1.165, 1.54) is 19.3 Å². The van der Waals surface area contributed by atoms with Crippen LogP contribution in [0.3, 0.4) is 0 Å². The number of carbonyl (C=O) groups is 1. The lowest BCUT2D eigenvalue weighted by Crippen LogP contribution is -2.34. The third-order valence-corrected chi connectivity index (χ3v) is 6.87. The molecule has 2 rings (SSSR count). The van der Waals surface area contributed by atoms with Crippen LogP contribution in [-0.2, 0) is 9.53 Å². The first-order valence-electron chi connectivity index (χ1n) is 17.1. The van der Waals surface area contributed by atoms with Crippen LogP contribution in [0.4, 0.5) is 13.2 Å². The third kappa shape index (κ3) is 20.9. The zero-order valence-electron chi connectivity index (χ0n) is 30.0. The van der Waals surface area contributed by atoms with Crippen LogP contribution in [0.2, 0.25) is 0 Å². The van der Waals surface area contributed by atoms with E-state index >= 15 is 0 Å². The maximum atomic E-state index is 13.9. The van der Waals surface area contributed by atoms with Crippen molar-refractivity contribution >= 4 is 17.5 Å². The largest absolute Gasteiger partial charge is 0.419 e. The van der Waals surface area contributed by atoms with Crippen LogP contribution in [0.25, 0.3) is 0 Å². The van der Waals surface area contributed by atoms with Gasteiger partial charge >= 0.3 is 6.18 Å².